The molecule has 1 amide bonds. The van der Waals surface area contributed by atoms with E-state index in [0.717, 1.165) is 27.8 Å². The van der Waals surface area contributed by atoms with E-state index in [0.29, 0.717) is 18.1 Å². The Morgan fingerprint density at radius 3 is 2.91 bits per heavy atom. The van der Waals surface area contributed by atoms with Crippen LogP contribution in [0.25, 0.3) is 22.6 Å². The van der Waals surface area contributed by atoms with Crippen LogP contribution in [0.5, 0.6) is 0 Å². The fourth-order valence-electron chi connectivity index (χ4n) is 2.21. The Bertz CT molecular complexity index is 811. The average Bonchev–Trinajstić information content (AvgIpc) is 3.10. The maximum Gasteiger partial charge on any atom is 0.327 e. The third-order valence-electron chi connectivity index (χ3n) is 3.28. The van der Waals surface area contributed by atoms with Crippen molar-refractivity contribution in [3.8, 4) is 11.5 Å². The standard InChI is InChI=1S/C15H15BrN4OS/c1-2-3-8-17-15(21)20-12-7-5-4-6-10(12)18-13(20)11-9-22-14(16)19-11/h4-7,9H,2-3,8H2,1H3,(H,17,21). The molecule has 3 rings (SSSR count). The highest BCUT2D eigenvalue weighted by molar-refractivity contribution is 9.11. The van der Waals surface area contributed by atoms with E-state index in [1.165, 1.54) is 11.3 Å². The Morgan fingerprint density at radius 1 is 1.36 bits per heavy atom. The molecular formula is C15H15BrN4OS. The highest BCUT2D eigenvalue weighted by Crippen LogP contribution is 2.27. The summed E-state index contributed by atoms with van der Waals surface area (Å²) in [6, 6.07) is 7.44. The molecular weight excluding hydrogens is 364 g/mol. The van der Waals surface area contributed by atoms with E-state index in [9.17, 15) is 4.79 Å². The van der Waals surface area contributed by atoms with E-state index in [2.05, 4.69) is 38.1 Å². The van der Waals surface area contributed by atoms with Crippen molar-refractivity contribution in [2.75, 3.05) is 6.54 Å². The number of nitrogens with one attached hydrogen (secondary N) is 1. The van der Waals surface area contributed by atoms with E-state index in [1.807, 2.05) is 29.6 Å². The number of amides is 1. The molecule has 3 aromatic rings. The van der Waals surface area contributed by atoms with Crippen LogP contribution in [-0.2, 0) is 0 Å². The van der Waals surface area contributed by atoms with Crippen LogP contribution in [0.1, 0.15) is 19.8 Å². The summed E-state index contributed by atoms with van der Waals surface area (Å²) >= 11 is 4.83. The molecule has 2 heterocycles. The zero-order valence-electron chi connectivity index (χ0n) is 12.0. The van der Waals surface area contributed by atoms with Crippen LogP contribution in [0.3, 0.4) is 0 Å². The zero-order chi connectivity index (χ0) is 15.5. The van der Waals surface area contributed by atoms with E-state index in [1.54, 1.807) is 4.57 Å². The number of para-hydroxylation sites is 2. The first-order valence-corrected chi connectivity index (χ1v) is 8.75. The lowest BCUT2D eigenvalue weighted by molar-refractivity contribution is 0.243. The number of unbranched alkanes of at least 4 members (excludes halogenated alkanes) is 1. The van der Waals surface area contributed by atoms with Gasteiger partial charge in [-0.1, -0.05) is 25.5 Å². The van der Waals surface area contributed by atoms with Crippen LogP contribution in [0.4, 0.5) is 4.79 Å². The Balaban J connectivity index is 2.07. The van der Waals surface area contributed by atoms with Crippen LogP contribution in [-0.4, -0.2) is 27.1 Å². The van der Waals surface area contributed by atoms with Crippen LogP contribution in [0, 0.1) is 0 Å². The predicted octanol–water partition coefficient (Wildman–Crippen LogP) is 4.28. The number of carbonyl (C=O) groups excluding carboxylic acids is 1. The number of rotatable bonds is 4. The van der Waals surface area contributed by atoms with E-state index >= 15 is 0 Å². The first-order valence-electron chi connectivity index (χ1n) is 7.07. The normalized spacial score (nSPS) is 11.0. The molecule has 22 heavy (non-hydrogen) atoms. The third-order valence-corrected chi connectivity index (χ3v) is 4.64. The lowest BCUT2D eigenvalue weighted by atomic mass is 10.3. The van der Waals surface area contributed by atoms with Crippen molar-refractivity contribution in [3.05, 3.63) is 33.6 Å². The largest absolute Gasteiger partial charge is 0.337 e. The molecule has 0 atom stereocenters. The lowest BCUT2D eigenvalue weighted by Crippen LogP contribution is -2.29. The maximum absolute atomic E-state index is 12.6. The number of carbonyl (C=O) groups is 1. The topological polar surface area (TPSA) is 59.8 Å². The number of halogens is 1. The van der Waals surface area contributed by atoms with Crippen molar-refractivity contribution >= 4 is 44.3 Å². The van der Waals surface area contributed by atoms with Crippen molar-refractivity contribution in [2.45, 2.75) is 19.8 Å². The number of benzene rings is 1. The van der Waals surface area contributed by atoms with Gasteiger partial charge < -0.3 is 5.32 Å². The monoisotopic (exact) mass is 378 g/mol. The van der Waals surface area contributed by atoms with Crippen LogP contribution >= 0.6 is 27.3 Å². The molecule has 0 aliphatic rings. The second-order valence-electron chi connectivity index (χ2n) is 4.83. The summed E-state index contributed by atoms with van der Waals surface area (Å²) in [4.78, 5) is 21.5. The molecule has 0 aliphatic heterocycles. The van der Waals surface area contributed by atoms with E-state index < -0.39 is 0 Å². The molecule has 2 aromatic heterocycles. The quantitative estimate of drug-likeness (QED) is 0.689. The van der Waals surface area contributed by atoms with Crippen molar-refractivity contribution in [3.63, 3.8) is 0 Å². The SMILES string of the molecule is CCCCNC(=O)n1c(-c2csc(Br)n2)nc2ccccc21. The molecule has 0 fully saturated rings. The Hall–Kier alpha value is -1.73. The molecule has 114 valence electrons. The van der Waals surface area contributed by atoms with E-state index in [-0.39, 0.29) is 6.03 Å². The van der Waals surface area contributed by atoms with Crippen molar-refractivity contribution in [1.29, 1.82) is 0 Å². The van der Waals surface area contributed by atoms with Crippen LogP contribution in [0.2, 0.25) is 0 Å². The molecule has 0 bridgehead atoms. The van der Waals surface area contributed by atoms with Gasteiger partial charge in [0, 0.05) is 11.9 Å². The van der Waals surface area contributed by atoms with Gasteiger partial charge in [-0.3, -0.25) is 0 Å². The molecule has 1 N–H and O–H groups in total. The Kier molecular flexibility index (Phi) is 4.54. The zero-order valence-corrected chi connectivity index (χ0v) is 14.4. The molecule has 0 saturated heterocycles. The van der Waals surface area contributed by atoms with Crippen molar-refractivity contribution in [1.82, 2.24) is 19.9 Å². The molecule has 0 saturated carbocycles. The number of fused-ring (bicyclic) bond motifs is 1. The summed E-state index contributed by atoms with van der Waals surface area (Å²) in [6.45, 7) is 2.75. The van der Waals surface area contributed by atoms with Gasteiger partial charge in [-0.25, -0.2) is 19.3 Å². The number of hydrogen-bond donors (Lipinski definition) is 1. The van der Waals surface area contributed by atoms with Gasteiger partial charge in [0.1, 0.15) is 5.69 Å². The van der Waals surface area contributed by atoms with Gasteiger partial charge >= 0.3 is 6.03 Å². The minimum atomic E-state index is -0.165. The Morgan fingerprint density at radius 2 is 2.18 bits per heavy atom. The molecule has 0 spiro atoms. The summed E-state index contributed by atoms with van der Waals surface area (Å²) in [5.41, 5.74) is 2.27. The molecule has 5 nitrogen and oxygen atoms in total. The minimum Gasteiger partial charge on any atom is -0.337 e. The number of imidazole rings is 1. The summed E-state index contributed by atoms with van der Waals surface area (Å²) in [5, 5.41) is 4.83. The lowest BCUT2D eigenvalue weighted by Gasteiger charge is -2.08. The number of aromatic nitrogens is 3. The third kappa shape index (κ3) is 2.91. The van der Waals surface area contributed by atoms with Crippen molar-refractivity contribution < 1.29 is 4.79 Å². The van der Waals surface area contributed by atoms with Gasteiger partial charge in [-0.15, -0.1) is 11.3 Å². The van der Waals surface area contributed by atoms with Gasteiger partial charge in [-0.05, 0) is 34.5 Å². The average molecular weight is 379 g/mol. The molecule has 7 heteroatoms. The summed E-state index contributed by atoms with van der Waals surface area (Å²) in [6.07, 6.45) is 1.99. The summed E-state index contributed by atoms with van der Waals surface area (Å²) in [7, 11) is 0. The fraction of sp³-hybridized carbons (Fsp3) is 0.267. The first-order chi connectivity index (χ1) is 10.7. The highest BCUT2D eigenvalue weighted by Gasteiger charge is 2.19. The van der Waals surface area contributed by atoms with Gasteiger partial charge in [0.2, 0.25) is 0 Å². The highest BCUT2D eigenvalue weighted by atomic mass is 79.9. The molecule has 1 aromatic carbocycles. The minimum absolute atomic E-state index is 0.165. The second kappa shape index (κ2) is 6.58. The van der Waals surface area contributed by atoms with Gasteiger partial charge in [0.25, 0.3) is 0 Å². The van der Waals surface area contributed by atoms with Gasteiger partial charge in [0.15, 0.2) is 9.74 Å². The van der Waals surface area contributed by atoms with Crippen LogP contribution in [0.15, 0.2) is 33.6 Å². The number of nitrogens with zero attached hydrogens (tertiary/aromatic N) is 3. The van der Waals surface area contributed by atoms with Gasteiger partial charge in [-0.2, -0.15) is 0 Å². The smallest absolute Gasteiger partial charge is 0.327 e. The summed E-state index contributed by atoms with van der Waals surface area (Å²) in [5.74, 6) is 0.567. The number of thiazole rings is 1. The molecule has 0 aliphatic carbocycles. The molecule has 0 radical (unpaired) electrons. The maximum atomic E-state index is 12.6. The predicted molar refractivity (Wildman–Crippen MR) is 92.2 cm³/mol. The number of hydrogen-bond acceptors (Lipinski definition) is 4. The first kappa shape index (κ1) is 15.2. The van der Waals surface area contributed by atoms with Crippen LogP contribution < -0.4 is 5.32 Å². The van der Waals surface area contributed by atoms with Crippen molar-refractivity contribution in [2.24, 2.45) is 0 Å². The van der Waals surface area contributed by atoms with Gasteiger partial charge in [0.05, 0.1) is 11.0 Å². The fourth-order valence-corrected chi connectivity index (χ4v) is 3.20. The van der Waals surface area contributed by atoms with E-state index in [4.69, 9.17) is 0 Å². The Labute approximate surface area is 140 Å². The second-order valence-corrected chi connectivity index (χ2v) is 6.96. The molecule has 0 unspecified atom stereocenters. The summed E-state index contributed by atoms with van der Waals surface area (Å²) < 4.78 is 2.37.